The molecule has 0 spiro atoms. The van der Waals surface area contributed by atoms with Gasteiger partial charge in [0.15, 0.2) is 5.78 Å². The number of hydrogen-bond acceptors (Lipinski definition) is 13. The lowest BCUT2D eigenvalue weighted by molar-refractivity contribution is -0.265. The number of carbonyl (C=O) groups excluding carboxylic acids is 5. The van der Waals surface area contributed by atoms with E-state index in [2.05, 4.69) is 0 Å². The highest BCUT2D eigenvalue weighted by atomic mass is 16.6. The van der Waals surface area contributed by atoms with Crippen molar-refractivity contribution in [3.8, 4) is 0 Å². The van der Waals surface area contributed by atoms with Crippen LogP contribution in [-0.4, -0.2) is 130 Å². The predicted molar refractivity (Wildman–Crippen MR) is 240 cm³/mol. The molecule has 2 bridgehead atoms. The van der Waals surface area contributed by atoms with E-state index < -0.39 is 83.9 Å². The largest absolute Gasteiger partial charge is 0.460 e. The highest BCUT2D eigenvalue weighted by Crippen LogP contribution is 2.37. The summed E-state index contributed by atoms with van der Waals surface area (Å²) >= 11 is 0. The zero-order valence-electron chi connectivity index (χ0n) is 39.6. The van der Waals surface area contributed by atoms with Crippen molar-refractivity contribution in [2.24, 2.45) is 35.5 Å². The lowest BCUT2D eigenvalue weighted by Gasteiger charge is -2.42. The van der Waals surface area contributed by atoms with Gasteiger partial charge in [-0.2, -0.15) is 0 Å². The Bertz CT molecular complexity index is 1740. The molecule has 1 unspecified atom stereocenters. The van der Waals surface area contributed by atoms with E-state index in [1.165, 1.54) is 7.11 Å². The molecule has 1 saturated carbocycles. The number of aliphatic hydroxyl groups is 4. The number of nitrogens with zero attached hydrogens (tertiary/aromatic N) is 1. The molecular weight excluding hydrogens is 823 g/mol. The fourth-order valence-electron chi connectivity index (χ4n) is 9.85. The number of fused-ring (bicyclic) bond motifs is 3. The van der Waals surface area contributed by atoms with Gasteiger partial charge in [0.05, 0.1) is 24.4 Å². The first kappa shape index (κ1) is 53.2. The molecule has 4 N–H and O–H groups in total. The maximum Gasteiger partial charge on any atom is 0.329 e. The first-order valence-electron chi connectivity index (χ1n) is 23.5. The minimum atomic E-state index is -2.48. The molecule has 15 atom stereocenters. The third-order valence-electron chi connectivity index (χ3n) is 14.2. The van der Waals surface area contributed by atoms with E-state index in [1.54, 1.807) is 60.0 Å². The molecule has 0 aromatic heterocycles. The molecule has 0 aromatic rings. The lowest BCUT2D eigenvalue weighted by atomic mass is 9.78. The van der Waals surface area contributed by atoms with Crippen LogP contribution in [0.25, 0.3) is 0 Å². The van der Waals surface area contributed by atoms with Gasteiger partial charge in [-0.05, 0) is 107 Å². The zero-order valence-corrected chi connectivity index (χ0v) is 39.6. The summed E-state index contributed by atoms with van der Waals surface area (Å²) < 4.78 is 23.3. The van der Waals surface area contributed by atoms with Gasteiger partial charge in [-0.15, -0.1) is 0 Å². The van der Waals surface area contributed by atoms with Gasteiger partial charge in [-0.25, -0.2) is 4.79 Å². The summed E-state index contributed by atoms with van der Waals surface area (Å²) in [5, 5.41) is 44.8. The minimum Gasteiger partial charge on any atom is -0.460 e. The van der Waals surface area contributed by atoms with Crippen LogP contribution in [0.15, 0.2) is 47.6 Å². The van der Waals surface area contributed by atoms with Crippen molar-refractivity contribution in [2.75, 3.05) is 20.8 Å². The summed E-state index contributed by atoms with van der Waals surface area (Å²) in [5.74, 6) is -8.24. The number of allylic oxidation sites excluding steroid dienone is 6. The number of cyclic esters (lactones) is 1. The number of esters is 1. The van der Waals surface area contributed by atoms with Gasteiger partial charge in [-0.1, -0.05) is 71.1 Å². The number of ketones is 3. The van der Waals surface area contributed by atoms with Gasteiger partial charge in [-0.3, -0.25) is 19.2 Å². The molecule has 3 heterocycles. The summed E-state index contributed by atoms with van der Waals surface area (Å²) in [6.07, 6.45) is 9.53. The monoisotopic (exact) mass is 900 g/mol. The van der Waals surface area contributed by atoms with Gasteiger partial charge < -0.3 is 44.3 Å². The van der Waals surface area contributed by atoms with Crippen molar-refractivity contribution in [2.45, 2.75) is 180 Å². The van der Waals surface area contributed by atoms with Crippen LogP contribution in [-0.2, 0) is 42.9 Å². The Balaban J connectivity index is 1.69. The van der Waals surface area contributed by atoms with E-state index in [-0.39, 0.29) is 61.2 Å². The Hall–Kier alpha value is -3.37. The third-order valence-corrected chi connectivity index (χ3v) is 14.2. The topological polar surface area (TPSA) is 206 Å². The van der Waals surface area contributed by atoms with Crippen molar-refractivity contribution >= 4 is 29.2 Å². The molecule has 3 aliphatic heterocycles. The lowest BCUT2D eigenvalue weighted by Crippen LogP contribution is -2.61. The smallest absolute Gasteiger partial charge is 0.329 e. The maximum atomic E-state index is 14.3. The molecule has 14 heteroatoms. The van der Waals surface area contributed by atoms with E-state index in [0.717, 1.165) is 4.90 Å². The van der Waals surface area contributed by atoms with Crippen LogP contribution >= 0.6 is 0 Å². The van der Waals surface area contributed by atoms with E-state index in [0.29, 0.717) is 68.9 Å². The molecule has 0 aromatic carbocycles. The number of hydrogen-bond donors (Lipinski definition) is 4. The second kappa shape index (κ2) is 24.4. The van der Waals surface area contributed by atoms with Crippen LogP contribution in [0, 0.1) is 35.5 Å². The van der Waals surface area contributed by atoms with Gasteiger partial charge in [0.2, 0.25) is 5.79 Å². The van der Waals surface area contributed by atoms with E-state index in [9.17, 15) is 44.4 Å². The molecule has 1 aliphatic carbocycles. The second-order valence-electron chi connectivity index (χ2n) is 19.4. The summed E-state index contributed by atoms with van der Waals surface area (Å²) in [4.78, 5) is 71.4. The van der Waals surface area contributed by atoms with Crippen LogP contribution in [0.4, 0.5) is 0 Å². The number of ether oxygens (including phenoxy) is 4. The quantitative estimate of drug-likeness (QED) is 0.153. The number of piperidine rings is 1. The highest BCUT2D eigenvalue weighted by Gasteiger charge is 2.53. The van der Waals surface area contributed by atoms with E-state index >= 15 is 0 Å². The third kappa shape index (κ3) is 13.8. The van der Waals surface area contributed by atoms with Crippen molar-refractivity contribution < 1.29 is 63.3 Å². The molecule has 4 aliphatic rings. The second-order valence-corrected chi connectivity index (χ2v) is 19.4. The Morgan fingerprint density at radius 2 is 1.58 bits per heavy atom. The van der Waals surface area contributed by atoms with Crippen molar-refractivity contribution in [3.05, 3.63) is 47.6 Å². The van der Waals surface area contributed by atoms with Crippen LogP contribution in [0.3, 0.4) is 0 Å². The van der Waals surface area contributed by atoms with Crippen molar-refractivity contribution in [3.63, 3.8) is 0 Å². The molecular formula is C50H77NO13. The van der Waals surface area contributed by atoms with Gasteiger partial charge in [0.1, 0.15) is 30.1 Å². The zero-order chi connectivity index (χ0) is 47.5. The molecule has 64 heavy (non-hydrogen) atoms. The van der Waals surface area contributed by atoms with Crippen LogP contribution in [0.1, 0.15) is 126 Å². The van der Waals surface area contributed by atoms with Gasteiger partial charge in [0, 0.05) is 51.4 Å². The SMILES string of the molecule is COC1C(=O)[C@H](C)C[C@H](C)/C=C/C=C/C=C(\C)[C@@H](O)C[C@@H]2CC[C@@H](C)[C@@](O)(O2)C(=O)C(=O)N2CCCC[C@H]2C(=O)O[C@H]([C@H](C)C[C@@H]2CC[C@@H](O)[C@H](OC)C2)CC(=O)[C@H](C)/C=C(\C)[C@H]1O. The van der Waals surface area contributed by atoms with Crippen molar-refractivity contribution in [1.29, 1.82) is 0 Å². The Morgan fingerprint density at radius 1 is 0.859 bits per heavy atom. The first-order valence-corrected chi connectivity index (χ1v) is 23.5. The Kier molecular flexibility index (Phi) is 20.3. The molecule has 14 nitrogen and oxygen atoms in total. The fourth-order valence-corrected chi connectivity index (χ4v) is 9.85. The fraction of sp³-hybridized carbons (Fsp3) is 0.740. The molecule has 1 amide bonds. The van der Waals surface area contributed by atoms with Crippen LogP contribution in [0.5, 0.6) is 0 Å². The average molecular weight is 900 g/mol. The van der Waals surface area contributed by atoms with Crippen LogP contribution < -0.4 is 0 Å². The highest BCUT2D eigenvalue weighted by molar-refractivity contribution is 6.39. The number of Topliss-reactive ketones (excluding diaryl/α,β-unsaturated/α-hetero) is 3. The van der Waals surface area contributed by atoms with E-state index in [4.69, 9.17) is 18.9 Å². The Morgan fingerprint density at radius 3 is 2.27 bits per heavy atom. The molecule has 3 fully saturated rings. The van der Waals surface area contributed by atoms with Gasteiger partial charge in [0.25, 0.3) is 11.7 Å². The summed E-state index contributed by atoms with van der Waals surface area (Å²) in [7, 11) is 2.93. The molecule has 360 valence electrons. The summed E-state index contributed by atoms with van der Waals surface area (Å²) in [6, 6.07) is -1.16. The maximum absolute atomic E-state index is 14.3. The first-order chi connectivity index (χ1) is 30.2. The van der Waals surface area contributed by atoms with Crippen molar-refractivity contribution in [1.82, 2.24) is 4.90 Å². The molecule has 2 saturated heterocycles. The minimum absolute atomic E-state index is 0.00489. The summed E-state index contributed by atoms with van der Waals surface area (Å²) in [6.45, 7) is 12.5. The predicted octanol–water partition coefficient (Wildman–Crippen LogP) is 5.53. The molecule has 0 radical (unpaired) electrons. The standard InChI is InChI=1S/C50H77NO13/c1-29-15-11-10-12-16-30(2)40(53)27-37-20-18-35(7)50(60,64-37)47(57)48(58)51-22-14-13-17-38(51)49(59)63-42(32(4)25-36-19-21-39(52)43(26-36)61-8)28-41(54)31(3)24-34(6)45(56)46(62-9)44(55)33(5)23-29/h10-12,15-16,24,29,31-33,35-40,42-43,45-46,52-53,56,60H,13-14,17-23,25-28H2,1-9H3/b12-10+,15-11+,30-16+,34-24+/t29-,31-,32-,33-,35-,36+,37+,38+,39-,40+,42+,43-,45-,46?,50-/m1/s1. The Labute approximate surface area is 380 Å². The number of amides is 1. The summed E-state index contributed by atoms with van der Waals surface area (Å²) in [5.41, 5.74) is 1.000. The number of rotatable bonds is 5. The molecule has 4 rings (SSSR count). The van der Waals surface area contributed by atoms with E-state index in [1.807, 2.05) is 32.1 Å². The average Bonchev–Trinajstić information content (AvgIpc) is 3.26. The number of aliphatic hydroxyl groups excluding tert-OH is 3. The number of carbonyl (C=O) groups is 5. The number of methoxy groups -OCH3 is 2. The van der Waals surface area contributed by atoms with Gasteiger partial charge >= 0.3 is 5.97 Å². The normalized spacial score (nSPS) is 40.9. The van der Waals surface area contributed by atoms with Crippen LogP contribution in [0.2, 0.25) is 0 Å².